The molecule has 0 aromatic carbocycles. The number of carbonyl (C=O) groups excluding carboxylic acids is 1. The maximum absolute atomic E-state index is 12.5. The average molecular weight is 284 g/mol. The number of thiophene rings is 1. The Balaban J connectivity index is 2.09. The summed E-state index contributed by atoms with van der Waals surface area (Å²) in [6, 6.07) is 2.19. The number of likely N-dealkylation sites (tertiary alicyclic amines) is 1. The fourth-order valence-corrected chi connectivity index (χ4v) is 4.09. The summed E-state index contributed by atoms with van der Waals surface area (Å²) in [4.78, 5) is 16.4. The number of piperidine rings is 1. The molecule has 2 unspecified atom stereocenters. The molecule has 1 fully saturated rings. The highest BCUT2D eigenvalue weighted by Gasteiger charge is 2.27. The van der Waals surface area contributed by atoms with E-state index in [0.29, 0.717) is 5.92 Å². The average Bonchev–Trinajstić information content (AvgIpc) is 2.86. The molecule has 2 rings (SSSR count). The van der Waals surface area contributed by atoms with Crippen LogP contribution in [0.5, 0.6) is 0 Å². The van der Waals surface area contributed by atoms with Crippen molar-refractivity contribution in [3.05, 3.63) is 16.3 Å². The predicted molar refractivity (Wildman–Crippen MR) is 78.4 cm³/mol. The molecule has 2 N–H and O–H groups in total. The molecule has 0 bridgehead atoms. The lowest BCUT2D eigenvalue weighted by atomic mass is 9.92. The van der Waals surface area contributed by atoms with Crippen LogP contribution < -0.4 is 5.73 Å². The number of nitrogens with zero attached hydrogens (tertiary/aromatic N) is 1. The molecule has 2 atom stereocenters. The van der Waals surface area contributed by atoms with Gasteiger partial charge in [-0.2, -0.15) is 0 Å². The van der Waals surface area contributed by atoms with Gasteiger partial charge in [0, 0.05) is 24.0 Å². The van der Waals surface area contributed by atoms with E-state index < -0.39 is 0 Å². The van der Waals surface area contributed by atoms with E-state index in [-0.39, 0.29) is 11.9 Å². The van der Waals surface area contributed by atoms with E-state index in [0.717, 1.165) is 35.7 Å². The first-order valence-electron chi connectivity index (χ1n) is 6.29. The van der Waals surface area contributed by atoms with Gasteiger partial charge in [-0.1, -0.05) is 0 Å². The van der Waals surface area contributed by atoms with Crippen molar-refractivity contribution < 1.29 is 4.79 Å². The van der Waals surface area contributed by atoms with E-state index >= 15 is 0 Å². The van der Waals surface area contributed by atoms with Crippen LogP contribution >= 0.6 is 23.1 Å². The molecule has 5 heteroatoms. The second-order valence-electron chi connectivity index (χ2n) is 4.83. The Kier molecular flexibility index (Phi) is 4.70. The van der Waals surface area contributed by atoms with Crippen molar-refractivity contribution in [3.63, 3.8) is 0 Å². The third kappa shape index (κ3) is 2.90. The van der Waals surface area contributed by atoms with Gasteiger partial charge < -0.3 is 10.6 Å². The Morgan fingerprint density at radius 2 is 2.44 bits per heavy atom. The minimum Gasteiger partial charge on any atom is -0.338 e. The van der Waals surface area contributed by atoms with E-state index in [4.69, 9.17) is 5.73 Å². The number of hydrogen-bond acceptors (Lipinski definition) is 4. The van der Waals surface area contributed by atoms with Crippen molar-refractivity contribution in [2.24, 2.45) is 11.7 Å². The van der Waals surface area contributed by atoms with E-state index in [1.165, 1.54) is 0 Å². The smallest absolute Gasteiger partial charge is 0.265 e. The summed E-state index contributed by atoms with van der Waals surface area (Å²) in [5, 5.41) is 1.99. The summed E-state index contributed by atoms with van der Waals surface area (Å²) in [5.74, 6) is 0.625. The number of nitrogens with two attached hydrogens (primary N) is 1. The van der Waals surface area contributed by atoms with E-state index in [2.05, 4.69) is 0 Å². The first-order chi connectivity index (χ1) is 8.63. The standard InChI is InChI=1S/C13H20N2OS2/c1-9(14)10-4-3-6-15(8-10)13(16)12-11(17-2)5-7-18-12/h5,7,9-10H,3-4,6,8,14H2,1-2H3. The highest BCUT2D eigenvalue weighted by atomic mass is 32.2. The minimum absolute atomic E-state index is 0.170. The van der Waals surface area contributed by atoms with Gasteiger partial charge in [-0.15, -0.1) is 23.1 Å². The maximum atomic E-state index is 12.5. The van der Waals surface area contributed by atoms with Gasteiger partial charge in [-0.05, 0) is 43.4 Å². The molecule has 0 saturated carbocycles. The van der Waals surface area contributed by atoms with Gasteiger partial charge in [0.05, 0.1) is 0 Å². The first kappa shape index (κ1) is 13.9. The van der Waals surface area contributed by atoms with Crippen LogP contribution in [0.3, 0.4) is 0 Å². The van der Waals surface area contributed by atoms with Crippen LogP contribution in [-0.2, 0) is 0 Å². The van der Waals surface area contributed by atoms with Gasteiger partial charge in [0.25, 0.3) is 5.91 Å². The Morgan fingerprint density at radius 3 is 3.11 bits per heavy atom. The largest absolute Gasteiger partial charge is 0.338 e. The lowest BCUT2D eigenvalue weighted by Gasteiger charge is -2.34. The van der Waals surface area contributed by atoms with Crippen LogP contribution in [0.4, 0.5) is 0 Å². The Hall–Kier alpha value is -0.520. The van der Waals surface area contributed by atoms with Crippen molar-refractivity contribution in [1.82, 2.24) is 4.90 Å². The van der Waals surface area contributed by atoms with Crippen molar-refractivity contribution in [2.45, 2.75) is 30.7 Å². The van der Waals surface area contributed by atoms with Crippen molar-refractivity contribution in [3.8, 4) is 0 Å². The fraction of sp³-hybridized carbons (Fsp3) is 0.615. The summed E-state index contributed by atoms with van der Waals surface area (Å²) in [5.41, 5.74) is 5.96. The van der Waals surface area contributed by atoms with Gasteiger partial charge in [-0.25, -0.2) is 0 Å². The van der Waals surface area contributed by atoms with E-state index in [1.807, 2.05) is 29.5 Å². The summed E-state index contributed by atoms with van der Waals surface area (Å²) in [7, 11) is 0. The maximum Gasteiger partial charge on any atom is 0.265 e. The molecule has 3 nitrogen and oxygen atoms in total. The van der Waals surface area contributed by atoms with Crippen LogP contribution in [0.25, 0.3) is 0 Å². The van der Waals surface area contributed by atoms with E-state index in [9.17, 15) is 4.79 Å². The number of thioether (sulfide) groups is 1. The number of rotatable bonds is 3. The van der Waals surface area contributed by atoms with Crippen LogP contribution in [-0.4, -0.2) is 36.2 Å². The molecule has 0 spiro atoms. The zero-order chi connectivity index (χ0) is 13.1. The summed E-state index contributed by atoms with van der Waals surface area (Å²) >= 11 is 3.18. The molecule has 1 amide bonds. The Bertz CT molecular complexity index is 417. The Labute approximate surface area is 117 Å². The second-order valence-corrected chi connectivity index (χ2v) is 6.59. The van der Waals surface area contributed by atoms with Crippen molar-refractivity contribution >= 4 is 29.0 Å². The lowest BCUT2D eigenvalue weighted by Crippen LogP contribution is -2.44. The monoisotopic (exact) mass is 284 g/mol. The molecule has 100 valence electrons. The zero-order valence-electron chi connectivity index (χ0n) is 10.9. The summed E-state index contributed by atoms with van der Waals surface area (Å²) in [6.45, 7) is 3.72. The minimum atomic E-state index is 0.170. The van der Waals surface area contributed by atoms with Crippen LogP contribution in [0.1, 0.15) is 29.4 Å². The molecule has 2 heterocycles. The number of carbonyl (C=O) groups is 1. The van der Waals surface area contributed by atoms with Crippen molar-refractivity contribution in [2.75, 3.05) is 19.3 Å². The zero-order valence-corrected chi connectivity index (χ0v) is 12.5. The normalized spacial score (nSPS) is 21.9. The van der Waals surface area contributed by atoms with Crippen LogP contribution in [0.15, 0.2) is 16.3 Å². The molecule has 1 aliphatic rings. The molecular formula is C13H20N2OS2. The van der Waals surface area contributed by atoms with E-state index in [1.54, 1.807) is 23.1 Å². The SMILES string of the molecule is CSc1ccsc1C(=O)N1CCCC(C(C)N)C1. The molecule has 18 heavy (non-hydrogen) atoms. The highest BCUT2D eigenvalue weighted by molar-refractivity contribution is 7.98. The van der Waals surface area contributed by atoms with Gasteiger partial charge in [-0.3, -0.25) is 4.79 Å². The van der Waals surface area contributed by atoms with Crippen molar-refractivity contribution in [1.29, 1.82) is 0 Å². The molecule has 1 aliphatic heterocycles. The first-order valence-corrected chi connectivity index (χ1v) is 8.40. The highest BCUT2D eigenvalue weighted by Crippen LogP contribution is 2.28. The number of amides is 1. The molecule has 1 aromatic heterocycles. The Morgan fingerprint density at radius 1 is 1.67 bits per heavy atom. The quantitative estimate of drug-likeness (QED) is 0.868. The molecular weight excluding hydrogens is 264 g/mol. The van der Waals surface area contributed by atoms with Gasteiger partial charge >= 0.3 is 0 Å². The fourth-order valence-electron chi connectivity index (χ4n) is 2.38. The summed E-state index contributed by atoms with van der Waals surface area (Å²) < 4.78 is 0. The molecule has 1 saturated heterocycles. The molecule has 1 aromatic rings. The molecule has 0 aliphatic carbocycles. The van der Waals surface area contributed by atoms with Gasteiger partial charge in [0.15, 0.2) is 0 Å². The third-order valence-corrected chi connectivity index (χ3v) is 5.34. The topological polar surface area (TPSA) is 46.3 Å². The second kappa shape index (κ2) is 6.08. The van der Waals surface area contributed by atoms with Gasteiger partial charge in [0.2, 0.25) is 0 Å². The molecule has 0 radical (unpaired) electrons. The van der Waals surface area contributed by atoms with Gasteiger partial charge in [0.1, 0.15) is 4.88 Å². The van der Waals surface area contributed by atoms with Crippen LogP contribution in [0.2, 0.25) is 0 Å². The lowest BCUT2D eigenvalue weighted by molar-refractivity contribution is 0.0663. The third-order valence-electron chi connectivity index (χ3n) is 3.53. The predicted octanol–water partition coefficient (Wildman–Crippen LogP) is 2.67. The summed E-state index contributed by atoms with van der Waals surface area (Å²) in [6.07, 6.45) is 4.22. The number of hydrogen-bond donors (Lipinski definition) is 1. The van der Waals surface area contributed by atoms with Crippen LogP contribution in [0, 0.1) is 5.92 Å².